The van der Waals surface area contributed by atoms with E-state index >= 15 is 0 Å². The molecule has 0 atom stereocenters. The van der Waals surface area contributed by atoms with Crippen molar-refractivity contribution in [3.05, 3.63) is 31.8 Å². The van der Waals surface area contributed by atoms with Crippen LogP contribution in [-0.2, 0) is 6.42 Å². The molecule has 2 rings (SSSR count). The Bertz CT molecular complexity index is 513. The second-order valence-corrected chi connectivity index (χ2v) is 4.93. The number of thiophene rings is 1. The van der Waals surface area contributed by atoms with Gasteiger partial charge in [0.05, 0.1) is 10.6 Å². The van der Waals surface area contributed by atoms with Crippen LogP contribution in [-0.4, -0.2) is 16.7 Å². The number of H-pyrrole nitrogens is 2. The van der Waals surface area contributed by atoms with Gasteiger partial charge in [-0.05, 0) is 35.0 Å². The van der Waals surface area contributed by atoms with Gasteiger partial charge in [0.2, 0.25) is 0 Å². The van der Waals surface area contributed by atoms with Gasteiger partial charge in [-0.2, -0.15) is 0 Å². The van der Waals surface area contributed by atoms with E-state index < -0.39 is 0 Å². The standard InChI is InChI=1S/C9H10BrN3OS/c10-5-3-7(15-4-5)8-6(1-2-11)9(14)13-12-8/h3-4H,1-2,11H2,(H2,12,13,14). The average molecular weight is 288 g/mol. The number of nitrogens with two attached hydrogens (primary N) is 1. The number of nitrogens with one attached hydrogen (secondary N) is 2. The fraction of sp³-hybridized carbons (Fsp3) is 0.222. The van der Waals surface area contributed by atoms with Gasteiger partial charge in [-0.1, -0.05) is 0 Å². The van der Waals surface area contributed by atoms with Crippen molar-refractivity contribution < 1.29 is 0 Å². The Labute approximate surface area is 98.6 Å². The molecule has 0 spiro atoms. The van der Waals surface area contributed by atoms with Crippen LogP contribution < -0.4 is 11.3 Å². The number of halogens is 1. The van der Waals surface area contributed by atoms with Crippen molar-refractivity contribution in [1.82, 2.24) is 10.2 Å². The van der Waals surface area contributed by atoms with Gasteiger partial charge in [0.25, 0.3) is 5.56 Å². The maximum Gasteiger partial charge on any atom is 0.267 e. The van der Waals surface area contributed by atoms with Crippen LogP contribution >= 0.6 is 27.3 Å². The molecule has 80 valence electrons. The molecule has 0 aliphatic carbocycles. The van der Waals surface area contributed by atoms with Crippen LogP contribution in [0.25, 0.3) is 10.6 Å². The largest absolute Gasteiger partial charge is 0.330 e. The van der Waals surface area contributed by atoms with Crippen molar-refractivity contribution >= 4 is 27.3 Å². The molecule has 0 unspecified atom stereocenters. The van der Waals surface area contributed by atoms with Crippen LogP contribution in [0.15, 0.2) is 20.7 Å². The fourth-order valence-electron chi connectivity index (χ4n) is 1.42. The lowest BCUT2D eigenvalue weighted by Gasteiger charge is -1.96. The first-order valence-electron chi connectivity index (χ1n) is 4.46. The Morgan fingerprint density at radius 3 is 2.87 bits per heavy atom. The van der Waals surface area contributed by atoms with E-state index in [9.17, 15) is 4.79 Å². The molecule has 2 heterocycles. The summed E-state index contributed by atoms with van der Waals surface area (Å²) in [5, 5.41) is 7.45. The summed E-state index contributed by atoms with van der Waals surface area (Å²) in [6.07, 6.45) is 0.587. The highest BCUT2D eigenvalue weighted by Gasteiger charge is 2.12. The van der Waals surface area contributed by atoms with Gasteiger partial charge in [0.15, 0.2) is 0 Å². The predicted octanol–water partition coefficient (Wildman–Crippen LogP) is 1.70. The number of aromatic nitrogens is 2. The van der Waals surface area contributed by atoms with Crippen molar-refractivity contribution in [3.8, 4) is 10.6 Å². The summed E-state index contributed by atoms with van der Waals surface area (Å²) in [7, 11) is 0. The molecule has 6 heteroatoms. The van der Waals surface area contributed by atoms with Gasteiger partial charge < -0.3 is 5.73 Å². The Kier molecular flexibility index (Phi) is 3.08. The van der Waals surface area contributed by atoms with Gasteiger partial charge in [0.1, 0.15) is 0 Å². The molecule has 2 aromatic heterocycles. The highest BCUT2D eigenvalue weighted by Crippen LogP contribution is 2.29. The van der Waals surface area contributed by atoms with Gasteiger partial charge in [-0.25, -0.2) is 0 Å². The van der Waals surface area contributed by atoms with E-state index in [4.69, 9.17) is 5.73 Å². The minimum atomic E-state index is -0.0834. The van der Waals surface area contributed by atoms with Crippen LogP contribution in [0, 0.1) is 0 Å². The lowest BCUT2D eigenvalue weighted by Crippen LogP contribution is -2.11. The summed E-state index contributed by atoms with van der Waals surface area (Å²) in [5.74, 6) is 0. The monoisotopic (exact) mass is 287 g/mol. The molecule has 2 aromatic rings. The fourth-order valence-corrected chi connectivity index (χ4v) is 2.88. The molecule has 0 saturated carbocycles. The molecule has 4 nitrogen and oxygen atoms in total. The third kappa shape index (κ3) is 2.06. The molecule has 0 fully saturated rings. The first-order valence-corrected chi connectivity index (χ1v) is 6.13. The Balaban J connectivity index is 2.48. The zero-order valence-corrected chi connectivity index (χ0v) is 10.2. The Hall–Kier alpha value is -0.850. The molecule has 0 saturated heterocycles. The summed E-state index contributed by atoms with van der Waals surface area (Å²) >= 11 is 4.96. The highest BCUT2D eigenvalue weighted by molar-refractivity contribution is 9.10. The van der Waals surface area contributed by atoms with Gasteiger partial charge in [-0.15, -0.1) is 11.3 Å². The van der Waals surface area contributed by atoms with Crippen LogP contribution in [0.3, 0.4) is 0 Å². The topological polar surface area (TPSA) is 74.7 Å². The smallest absolute Gasteiger partial charge is 0.267 e. The second kappa shape index (κ2) is 4.34. The molecule has 15 heavy (non-hydrogen) atoms. The SMILES string of the molecule is NCCc1c(-c2cc(Br)cs2)[nH][nH]c1=O. The minimum absolute atomic E-state index is 0.0834. The van der Waals surface area contributed by atoms with Crippen molar-refractivity contribution in [2.24, 2.45) is 5.73 Å². The maximum atomic E-state index is 11.5. The molecule has 0 aliphatic heterocycles. The average Bonchev–Trinajstić information content (AvgIpc) is 2.76. The summed E-state index contributed by atoms with van der Waals surface area (Å²) < 4.78 is 1.02. The third-order valence-electron chi connectivity index (χ3n) is 2.09. The van der Waals surface area contributed by atoms with Crippen LogP contribution in [0.4, 0.5) is 0 Å². The van der Waals surface area contributed by atoms with Crippen LogP contribution in [0.2, 0.25) is 0 Å². The first-order chi connectivity index (χ1) is 7.22. The summed E-state index contributed by atoms with van der Waals surface area (Å²) in [6, 6.07) is 1.98. The quantitative estimate of drug-likeness (QED) is 0.804. The molecule has 0 radical (unpaired) electrons. The lowest BCUT2D eigenvalue weighted by molar-refractivity contribution is 0.960. The van der Waals surface area contributed by atoms with Crippen molar-refractivity contribution in [1.29, 1.82) is 0 Å². The minimum Gasteiger partial charge on any atom is -0.330 e. The number of rotatable bonds is 3. The highest BCUT2D eigenvalue weighted by atomic mass is 79.9. The summed E-state index contributed by atoms with van der Waals surface area (Å²) in [4.78, 5) is 12.5. The first kappa shape index (κ1) is 10.7. The predicted molar refractivity (Wildman–Crippen MR) is 65.2 cm³/mol. The summed E-state index contributed by atoms with van der Waals surface area (Å²) in [5.41, 5.74) is 6.96. The van der Waals surface area contributed by atoms with Crippen LogP contribution in [0.1, 0.15) is 5.56 Å². The third-order valence-corrected chi connectivity index (χ3v) is 3.79. The van der Waals surface area contributed by atoms with Gasteiger partial charge in [-0.3, -0.25) is 15.0 Å². The normalized spacial score (nSPS) is 10.8. The zero-order valence-electron chi connectivity index (χ0n) is 7.84. The molecule has 0 bridgehead atoms. The van der Waals surface area contributed by atoms with E-state index in [-0.39, 0.29) is 5.56 Å². The summed E-state index contributed by atoms with van der Waals surface area (Å²) in [6.45, 7) is 0.473. The number of hydrogen-bond acceptors (Lipinski definition) is 3. The van der Waals surface area contributed by atoms with E-state index in [1.807, 2.05) is 11.4 Å². The maximum absolute atomic E-state index is 11.5. The van der Waals surface area contributed by atoms with E-state index in [1.165, 1.54) is 0 Å². The van der Waals surface area contributed by atoms with Crippen molar-refractivity contribution in [2.45, 2.75) is 6.42 Å². The molecule has 0 aliphatic rings. The molecular formula is C9H10BrN3OS. The van der Waals surface area contributed by atoms with E-state index in [0.717, 1.165) is 20.6 Å². The molecular weight excluding hydrogens is 278 g/mol. The Morgan fingerprint density at radius 1 is 1.47 bits per heavy atom. The van der Waals surface area contributed by atoms with E-state index in [1.54, 1.807) is 11.3 Å². The molecule has 0 amide bonds. The van der Waals surface area contributed by atoms with Crippen molar-refractivity contribution in [3.63, 3.8) is 0 Å². The molecule has 4 N–H and O–H groups in total. The van der Waals surface area contributed by atoms with Gasteiger partial charge in [0, 0.05) is 15.4 Å². The number of aromatic amines is 2. The number of hydrogen-bond donors (Lipinski definition) is 3. The lowest BCUT2D eigenvalue weighted by atomic mass is 10.1. The Morgan fingerprint density at radius 2 is 2.27 bits per heavy atom. The van der Waals surface area contributed by atoms with E-state index in [2.05, 4.69) is 26.1 Å². The van der Waals surface area contributed by atoms with E-state index in [0.29, 0.717) is 13.0 Å². The zero-order chi connectivity index (χ0) is 10.8. The van der Waals surface area contributed by atoms with Crippen LogP contribution in [0.5, 0.6) is 0 Å². The van der Waals surface area contributed by atoms with Crippen molar-refractivity contribution in [2.75, 3.05) is 6.54 Å². The van der Waals surface area contributed by atoms with Gasteiger partial charge >= 0.3 is 0 Å². The molecule has 0 aromatic carbocycles. The second-order valence-electron chi connectivity index (χ2n) is 3.10.